The van der Waals surface area contributed by atoms with Gasteiger partial charge >= 0.3 is 11.9 Å². The van der Waals surface area contributed by atoms with Gasteiger partial charge in [-0.2, -0.15) is 0 Å². The second-order valence-corrected chi connectivity index (χ2v) is 7.79. The molecule has 36 heavy (non-hydrogen) atoms. The average Bonchev–Trinajstić information content (AvgIpc) is 2.85. The number of rotatable bonds is 15. The van der Waals surface area contributed by atoms with Gasteiger partial charge in [0, 0.05) is 23.4 Å². The molecular weight excluding hydrogens is 470 g/mol. The van der Waals surface area contributed by atoms with Gasteiger partial charge < -0.3 is 15.5 Å². The van der Waals surface area contributed by atoms with Crippen LogP contribution in [0.2, 0.25) is 0 Å². The van der Waals surface area contributed by atoms with Gasteiger partial charge in [0.1, 0.15) is 19.2 Å². The van der Waals surface area contributed by atoms with Crippen molar-refractivity contribution in [1.29, 1.82) is 0 Å². The number of aliphatic carboxylic acids is 2. The number of carbonyl (C=O) groups excluding carboxylic acids is 2. The van der Waals surface area contributed by atoms with Crippen LogP contribution in [0.3, 0.4) is 0 Å². The van der Waals surface area contributed by atoms with Crippen LogP contribution in [0.15, 0.2) is 59.7 Å². The Hall–Kier alpha value is -4.41. The molecule has 0 bridgehead atoms. The van der Waals surface area contributed by atoms with Crippen molar-refractivity contribution in [3.05, 3.63) is 76.2 Å². The van der Waals surface area contributed by atoms with Gasteiger partial charge in [-0.1, -0.05) is 59.7 Å². The molecule has 0 heterocycles. The van der Waals surface area contributed by atoms with Crippen molar-refractivity contribution in [2.45, 2.75) is 44.8 Å². The molecule has 1 unspecified atom stereocenters. The topological polar surface area (TPSA) is 182 Å². The third kappa shape index (κ3) is 10.2. The minimum absolute atomic E-state index is 0.0160. The van der Waals surface area contributed by atoms with E-state index in [4.69, 9.17) is 15.5 Å². The van der Waals surface area contributed by atoms with Crippen LogP contribution in [0.1, 0.15) is 36.8 Å². The molecule has 0 aliphatic carbocycles. The average molecular weight is 498 g/mol. The summed E-state index contributed by atoms with van der Waals surface area (Å²) < 4.78 is 0. The Morgan fingerprint density at radius 3 is 2.31 bits per heavy atom. The van der Waals surface area contributed by atoms with Crippen molar-refractivity contribution in [2.24, 2.45) is 5.11 Å². The van der Waals surface area contributed by atoms with Crippen LogP contribution >= 0.6 is 0 Å². The number of azide groups is 1. The van der Waals surface area contributed by atoms with Crippen LogP contribution < -0.4 is 5.32 Å². The summed E-state index contributed by atoms with van der Waals surface area (Å²) in [5.74, 6) is -3.82. The van der Waals surface area contributed by atoms with Gasteiger partial charge in [-0.05, 0) is 35.9 Å². The second-order valence-electron chi connectivity index (χ2n) is 7.79. The van der Waals surface area contributed by atoms with Crippen LogP contribution in [0, 0.1) is 0 Å². The first-order valence-electron chi connectivity index (χ1n) is 11.1. The van der Waals surface area contributed by atoms with Crippen molar-refractivity contribution >= 4 is 29.4 Å². The number of benzene rings is 2. The first kappa shape index (κ1) is 27.8. The Balaban J connectivity index is 1.98. The number of carboxylic acid groups (broad SMARTS) is 2. The Bertz CT molecular complexity index is 1090. The molecule has 0 aromatic heterocycles. The highest BCUT2D eigenvalue weighted by Crippen LogP contribution is 2.15. The van der Waals surface area contributed by atoms with Crippen molar-refractivity contribution in [2.75, 3.05) is 6.54 Å². The molecule has 0 radical (unpaired) electrons. The Labute approximate surface area is 207 Å². The maximum atomic E-state index is 12.8. The lowest BCUT2D eigenvalue weighted by molar-refractivity contribution is -0.193. The van der Waals surface area contributed by atoms with Crippen molar-refractivity contribution in [3.8, 4) is 0 Å². The highest BCUT2D eigenvalue weighted by atomic mass is 16.7. The zero-order chi connectivity index (χ0) is 26.3. The number of nitrogens with zero attached hydrogens (tertiary/aromatic N) is 4. The normalized spacial score (nSPS) is 11.1. The van der Waals surface area contributed by atoms with E-state index in [0.717, 1.165) is 16.2 Å². The van der Waals surface area contributed by atoms with Crippen molar-refractivity contribution < 1.29 is 34.2 Å². The summed E-state index contributed by atoms with van der Waals surface area (Å²) >= 11 is 0. The molecule has 1 atom stereocenters. The quantitative estimate of drug-likeness (QED) is 0.146. The highest BCUT2D eigenvalue weighted by Gasteiger charge is 2.24. The number of nitrogens with one attached hydrogen (secondary N) is 1. The third-order valence-corrected chi connectivity index (χ3v) is 5.03. The number of carbonyl (C=O) groups is 4. The minimum atomic E-state index is -1.41. The number of hydrogen-bond acceptors (Lipinski definition) is 6. The van der Waals surface area contributed by atoms with Crippen LogP contribution in [-0.2, 0) is 37.0 Å². The summed E-state index contributed by atoms with van der Waals surface area (Å²) in [6.07, 6.45) is 0.323. The standard InChI is InChI=1S/C24H27N5O7/c25-28-27-19-11-9-17(10-12-19)7-4-8-22(31)29(36-16-18-5-2-1-3-6-18)15-21(30)26-20(24(34)35)13-14-23(32)33/h1-3,5-6,9-12,20H,4,7-8,13-16H2,(H,26,30)(H,32,33)(H,34,35). The number of hydroxylamine groups is 2. The van der Waals surface area contributed by atoms with E-state index in [1.165, 1.54) is 0 Å². The summed E-state index contributed by atoms with van der Waals surface area (Å²) in [6, 6.07) is 14.5. The van der Waals surface area contributed by atoms with Gasteiger partial charge in [0.05, 0.1) is 0 Å². The Kier molecular flexibility index (Phi) is 11.4. The highest BCUT2D eigenvalue weighted by molar-refractivity contribution is 5.87. The van der Waals surface area contributed by atoms with Crippen LogP contribution in [0.4, 0.5) is 5.69 Å². The van der Waals surface area contributed by atoms with E-state index in [0.29, 0.717) is 18.5 Å². The smallest absolute Gasteiger partial charge is 0.326 e. The fourth-order valence-corrected chi connectivity index (χ4v) is 3.18. The van der Waals surface area contributed by atoms with Crippen LogP contribution in [0.25, 0.3) is 10.4 Å². The molecule has 0 saturated carbocycles. The molecule has 0 spiro atoms. The second kappa shape index (κ2) is 14.8. The maximum Gasteiger partial charge on any atom is 0.326 e. The van der Waals surface area contributed by atoms with E-state index in [-0.39, 0.29) is 19.4 Å². The Morgan fingerprint density at radius 2 is 1.69 bits per heavy atom. The zero-order valence-corrected chi connectivity index (χ0v) is 19.4. The molecule has 12 heteroatoms. The first-order valence-corrected chi connectivity index (χ1v) is 11.1. The predicted molar refractivity (Wildman–Crippen MR) is 128 cm³/mol. The molecule has 2 aromatic carbocycles. The van der Waals surface area contributed by atoms with Crippen molar-refractivity contribution in [3.63, 3.8) is 0 Å². The summed E-state index contributed by atoms with van der Waals surface area (Å²) in [4.78, 5) is 55.7. The summed E-state index contributed by atoms with van der Waals surface area (Å²) in [5, 5.41) is 24.7. The lowest BCUT2D eigenvalue weighted by Crippen LogP contribution is -2.47. The summed E-state index contributed by atoms with van der Waals surface area (Å²) in [5.41, 5.74) is 10.6. The number of amides is 2. The first-order chi connectivity index (χ1) is 17.3. The summed E-state index contributed by atoms with van der Waals surface area (Å²) in [7, 11) is 0. The maximum absolute atomic E-state index is 12.8. The van der Waals surface area contributed by atoms with E-state index in [1.807, 2.05) is 6.07 Å². The molecule has 2 amide bonds. The SMILES string of the molecule is [N-]=[N+]=Nc1ccc(CCCC(=O)N(CC(=O)NC(CCC(=O)O)C(=O)O)OCc2ccccc2)cc1. The molecular formula is C24H27N5O7. The molecule has 0 fully saturated rings. The summed E-state index contributed by atoms with van der Waals surface area (Å²) in [6.45, 7) is -0.536. The van der Waals surface area contributed by atoms with Gasteiger partial charge in [0.2, 0.25) is 11.8 Å². The van der Waals surface area contributed by atoms with Gasteiger partial charge in [-0.15, -0.1) is 0 Å². The molecule has 2 aromatic rings. The largest absolute Gasteiger partial charge is 0.481 e. The van der Waals surface area contributed by atoms with E-state index in [2.05, 4.69) is 15.3 Å². The van der Waals surface area contributed by atoms with Gasteiger partial charge in [0.15, 0.2) is 0 Å². The number of hydrogen-bond donors (Lipinski definition) is 3. The molecule has 0 aliphatic rings. The van der Waals surface area contributed by atoms with E-state index < -0.39 is 42.8 Å². The molecule has 2 rings (SSSR count). The lowest BCUT2D eigenvalue weighted by atomic mass is 10.1. The molecule has 3 N–H and O–H groups in total. The van der Waals surface area contributed by atoms with E-state index >= 15 is 0 Å². The van der Waals surface area contributed by atoms with Gasteiger partial charge in [-0.3, -0.25) is 19.2 Å². The predicted octanol–water partition coefficient (Wildman–Crippen LogP) is 3.35. The monoisotopic (exact) mass is 497 g/mol. The molecule has 12 nitrogen and oxygen atoms in total. The lowest BCUT2D eigenvalue weighted by Gasteiger charge is -2.23. The van der Waals surface area contributed by atoms with Gasteiger partial charge in [-0.25, -0.2) is 9.86 Å². The fourth-order valence-electron chi connectivity index (χ4n) is 3.18. The van der Waals surface area contributed by atoms with Crippen LogP contribution in [0.5, 0.6) is 0 Å². The van der Waals surface area contributed by atoms with Crippen LogP contribution in [-0.4, -0.2) is 51.6 Å². The van der Waals surface area contributed by atoms with Gasteiger partial charge in [0.25, 0.3) is 0 Å². The Morgan fingerprint density at radius 1 is 1.00 bits per heavy atom. The fraction of sp³-hybridized carbons (Fsp3) is 0.333. The molecule has 190 valence electrons. The third-order valence-electron chi connectivity index (χ3n) is 5.03. The number of carboxylic acids is 2. The zero-order valence-electron chi connectivity index (χ0n) is 19.4. The van der Waals surface area contributed by atoms with Crippen molar-refractivity contribution in [1.82, 2.24) is 10.4 Å². The van der Waals surface area contributed by atoms with E-state index in [1.54, 1.807) is 48.5 Å². The van der Waals surface area contributed by atoms with E-state index in [9.17, 15) is 24.3 Å². The minimum Gasteiger partial charge on any atom is -0.481 e. The molecule has 0 saturated heterocycles. The molecule has 0 aliphatic heterocycles. The number of aryl methyl sites for hydroxylation is 1.